The SMILES string of the molecule is CCN(C(=O)C1(C(=O)Nc2ccc(C)cc2C)CC1)c1cccc(C)c1. The second kappa shape index (κ2) is 6.94. The Bertz CT molecular complexity index is 853. The Hall–Kier alpha value is -2.62. The summed E-state index contributed by atoms with van der Waals surface area (Å²) in [4.78, 5) is 27.9. The van der Waals surface area contributed by atoms with E-state index in [2.05, 4.69) is 5.32 Å². The van der Waals surface area contributed by atoms with Crippen LogP contribution in [0.15, 0.2) is 42.5 Å². The third-order valence-corrected chi connectivity index (χ3v) is 5.10. The molecule has 1 N–H and O–H groups in total. The van der Waals surface area contributed by atoms with Gasteiger partial charge >= 0.3 is 0 Å². The number of benzene rings is 2. The van der Waals surface area contributed by atoms with Crippen LogP contribution in [-0.4, -0.2) is 18.4 Å². The monoisotopic (exact) mass is 350 g/mol. The highest BCUT2D eigenvalue weighted by Crippen LogP contribution is 2.49. The molecule has 2 amide bonds. The molecule has 3 rings (SSSR count). The highest BCUT2D eigenvalue weighted by molar-refractivity contribution is 6.17. The average molecular weight is 350 g/mol. The van der Waals surface area contributed by atoms with Gasteiger partial charge in [0.05, 0.1) is 0 Å². The first kappa shape index (κ1) is 18.2. The fourth-order valence-corrected chi connectivity index (χ4v) is 3.36. The van der Waals surface area contributed by atoms with Crippen molar-refractivity contribution >= 4 is 23.2 Å². The van der Waals surface area contributed by atoms with Crippen LogP contribution in [0.4, 0.5) is 11.4 Å². The predicted octanol–water partition coefficient (Wildman–Crippen LogP) is 4.38. The van der Waals surface area contributed by atoms with Crippen LogP contribution in [0.1, 0.15) is 36.5 Å². The zero-order valence-corrected chi connectivity index (χ0v) is 15.9. The molecule has 0 atom stereocenters. The van der Waals surface area contributed by atoms with E-state index in [1.165, 1.54) is 0 Å². The Labute approximate surface area is 155 Å². The van der Waals surface area contributed by atoms with E-state index < -0.39 is 5.41 Å². The number of nitrogens with one attached hydrogen (secondary N) is 1. The van der Waals surface area contributed by atoms with Crippen molar-refractivity contribution in [2.24, 2.45) is 5.41 Å². The van der Waals surface area contributed by atoms with Gasteiger partial charge in [0, 0.05) is 17.9 Å². The van der Waals surface area contributed by atoms with Crippen LogP contribution in [0.2, 0.25) is 0 Å². The lowest BCUT2D eigenvalue weighted by atomic mass is 10.0. The van der Waals surface area contributed by atoms with Crippen molar-refractivity contribution in [3.8, 4) is 0 Å². The number of carbonyl (C=O) groups excluding carboxylic acids is 2. The van der Waals surface area contributed by atoms with Crippen LogP contribution in [0.5, 0.6) is 0 Å². The van der Waals surface area contributed by atoms with Crippen molar-refractivity contribution in [1.29, 1.82) is 0 Å². The van der Waals surface area contributed by atoms with Gasteiger partial charge in [-0.3, -0.25) is 9.59 Å². The van der Waals surface area contributed by atoms with Gasteiger partial charge in [-0.15, -0.1) is 0 Å². The van der Waals surface area contributed by atoms with Gasteiger partial charge in [-0.25, -0.2) is 0 Å². The van der Waals surface area contributed by atoms with E-state index in [-0.39, 0.29) is 11.8 Å². The summed E-state index contributed by atoms with van der Waals surface area (Å²) in [5, 5.41) is 2.98. The molecule has 0 saturated heterocycles. The summed E-state index contributed by atoms with van der Waals surface area (Å²) in [6.07, 6.45) is 1.20. The molecule has 1 aliphatic rings. The second-order valence-corrected chi connectivity index (χ2v) is 7.24. The van der Waals surface area contributed by atoms with Gasteiger partial charge < -0.3 is 10.2 Å². The maximum atomic E-state index is 13.2. The number of anilines is 2. The van der Waals surface area contributed by atoms with Crippen molar-refractivity contribution in [2.45, 2.75) is 40.5 Å². The summed E-state index contributed by atoms with van der Waals surface area (Å²) < 4.78 is 0. The topological polar surface area (TPSA) is 49.4 Å². The lowest BCUT2D eigenvalue weighted by molar-refractivity contribution is -0.132. The van der Waals surface area contributed by atoms with Crippen molar-refractivity contribution < 1.29 is 9.59 Å². The molecule has 2 aromatic carbocycles. The normalized spacial score (nSPS) is 14.6. The maximum absolute atomic E-state index is 13.2. The smallest absolute Gasteiger partial charge is 0.242 e. The van der Waals surface area contributed by atoms with Gasteiger partial charge in [0.1, 0.15) is 5.41 Å². The third kappa shape index (κ3) is 3.36. The van der Waals surface area contributed by atoms with Gasteiger partial charge in [-0.2, -0.15) is 0 Å². The molecule has 0 bridgehead atoms. The van der Waals surface area contributed by atoms with Crippen LogP contribution < -0.4 is 10.2 Å². The summed E-state index contributed by atoms with van der Waals surface area (Å²) in [7, 11) is 0. The molecular weight excluding hydrogens is 324 g/mol. The van der Waals surface area contributed by atoms with Gasteiger partial charge in [0.25, 0.3) is 0 Å². The highest BCUT2D eigenvalue weighted by Gasteiger charge is 2.58. The van der Waals surface area contributed by atoms with E-state index in [0.29, 0.717) is 19.4 Å². The van der Waals surface area contributed by atoms with Crippen LogP contribution in [0, 0.1) is 26.2 Å². The third-order valence-electron chi connectivity index (χ3n) is 5.10. The molecule has 1 fully saturated rings. The van der Waals surface area contributed by atoms with E-state index in [1.54, 1.807) is 4.90 Å². The van der Waals surface area contributed by atoms with Crippen LogP contribution in [0.3, 0.4) is 0 Å². The lowest BCUT2D eigenvalue weighted by Gasteiger charge is -2.26. The molecule has 4 heteroatoms. The van der Waals surface area contributed by atoms with E-state index in [9.17, 15) is 9.59 Å². The first-order valence-corrected chi connectivity index (χ1v) is 9.15. The summed E-state index contributed by atoms with van der Waals surface area (Å²) >= 11 is 0. The molecule has 0 unspecified atom stereocenters. The van der Waals surface area contributed by atoms with Gasteiger partial charge in [0.15, 0.2) is 0 Å². The molecular formula is C22H26N2O2. The first-order valence-electron chi connectivity index (χ1n) is 9.15. The Kier molecular flexibility index (Phi) is 4.86. The molecule has 1 aliphatic carbocycles. The first-order chi connectivity index (χ1) is 12.4. The molecule has 0 aromatic heterocycles. The maximum Gasteiger partial charge on any atom is 0.242 e. The largest absolute Gasteiger partial charge is 0.325 e. The van der Waals surface area contributed by atoms with Crippen LogP contribution in [0.25, 0.3) is 0 Å². The Morgan fingerprint density at radius 2 is 1.73 bits per heavy atom. The van der Waals surface area contributed by atoms with Gasteiger partial charge in [-0.1, -0.05) is 29.8 Å². The number of hydrogen-bond acceptors (Lipinski definition) is 2. The standard InChI is InChI=1S/C22H26N2O2/c1-5-24(18-8-6-7-15(2)14-18)21(26)22(11-12-22)20(25)23-19-10-9-16(3)13-17(19)4/h6-10,13-14H,5,11-12H2,1-4H3,(H,23,25). The number of hydrogen-bond donors (Lipinski definition) is 1. The number of amides is 2. The van der Waals surface area contributed by atoms with Gasteiger partial charge in [-0.05, 0) is 69.9 Å². The number of rotatable bonds is 5. The second-order valence-electron chi connectivity index (χ2n) is 7.24. The van der Waals surface area contributed by atoms with E-state index in [0.717, 1.165) is 28.1 Å². The number of nitrogens with zero attached hydrogens (tertiary/aromatic N) is 1. The highest BCUT2D eigenvalue weighted by atomic mass is 16.2. The zero-order valence-electron chi connectivity index (χ0n) is 15.9. The fourth-order valence-electron chi connectivity index (χ4n) is 3.36. The Balaban J connectivity index is 1.82. The zero-order chi connectivity index (χ0) is 18.9. The summed E-state index contributed by atoms with van der Waals surface area (Å²) in [6.45, 7) is 8.47. The van der Waals surface area contributed by atoms with E-state index in [1.807, 2.05) is 70.2 Å². The molecule has 2 aromatic rings. The average Bonchev–Trinajstić information content (AvgIpc) is 3.40. The van der Waals surface area contributed by atoms with Crippen LogP contribution in [-0.2, 0) is 9.59 Å². The predicted molar refractivity (Wildman–Crippen MR) is 105 cm³/mol. The molecule has 0 aliphatic heterocycles. The quantitative estimate of drug-likeness (QED) is 0.813. The minimum atomic E-state index is -0.933. The Morgan fingerprint density at radius 3 is 2.31 bits per heavy atom. The van der Waals surface area contributed by atoms with Crippen LogP contribution >= 0.6 is 0 Å². The molecule has 4 nitrogen and oxygen atoms in total. The van der Waals surface area contributed by atoms with Crippen molar-refractivity contribution in [3.05, 3.63) is 59.2 Å². The molecule has 0 radical (unpaired) electrons. The van der Waals surface area contributed by atoms with Crippen molar-refractivity contribution in [1.82, 2.24) is 0 Å². The van der Waals surface area contributed by atoms with E-state index in [4.69, 9.17) is 0 Å². The Morgan fingerprint density at radius 1 is 1.04 bits per heavy atom. The molecule has 0 heterocycles. The molecule has 26 heavy (non-hydrogen) atoms. The van der Waals surface area contributed by atoms with Gasteiger partial charge in [0.2, 0.25) is 11.8 Å². The summed E-state index contributed by atoms with van der Waals surface area (Å²) in [5.74, 6) is -0.298. The number of aryl methyl sites for hydroxylation is 3. The van der Waals surface area contributed by atoms with Crippen molar-refractivity contribution in [3.63, 3.8) is 0 Å². The number of carbonyl (C=O) groups is 2. The molecule has 1 saturated carbocycles. The lowest BCUT2D eigenvalue weighted by Crippen LogP contribution is -2.43. The molecule has 0 spiro atoms. The minimum absolute atomic E-state index is 0.104. The fraction of sp³-hybridized carbons (Fsp3) is 0.364. The molecule has 136 valence electrons. The summed E-state index contributed by atoms with van der Waals surface area (Å²) in [5.41, 5.74) is 3.94. The minimum Gasteiger partial charge on any atom is -0.325 e. The summed E-state index contributed by atoms with van der Waals surface area (Å²) in [6, 6.07) is 13.8. The van der Waals surface area contributed by atoms with Crippen molar-refractivity contribution in [2.75, 3.05) is 16.8 Å². The van der Waals surface area contributed by atoms with E-state index >= 15 is 0 Å².